The number of hydrogen-bond acceptors (Lipinski definition) is 3. The molecular weight excluding hydrogens is 352 g/mol. The molecule has 2 bridgehead atoms. The highest BCUT2D eigenvalue weighted by Gasteiger charge is 2.54. The summed E-state index contributed by atoms with van der Waals surface area (Å²) >= 11 is 0. The standard InChI is InChI=1S/C24H28O4/c25-22(26)10-5-11-23-12-14-24(18-23,15-13-23)27-17-19-6-4-9-21(16-19)28-20-7-2-1-3-8-20/h1-4,6-9,16H,5,10-15,17-18H2,(H,25,26). The zero-order valence-corrected chi connectivity index (χ0v) is 16.2. The normalized spacial score (nSPS) is 25.7. The Labute approximate surface area is 166 Å². The van der Waals surface area contributed by atoms with Crippen molar-refractivity contribution in [2.45, 2.75) is 63.6 Å². The summed E-state index contributed by atoms with van der Waals surface area (Å²) < 4.78 is 12.4. The number of carbonyl (C=O) groups is 1. The Kier molecular flexibility index (Phi) is 5.40. The molecule has 0 atom stereocenters. The first-order valence-electron chi connectivity index (χ1n) is 10.2. The van der Waals surface area contributed by atoms with Gasteiger partial charge in [0, 0.05) is 6.42 Å². The van der Waals surface area contributed by atoms with Crippen molar-refractivity contribution in [2.75, 3.05) is 0 Å². The molecule has 0 amide bonds. The molecule has 0 spiro atoms. The van der Waals surface area contributed by atoms with E-state index in [4.69, 9.17) is 14.6 Å². The van der Waals surface area contributed by atoms with Crippen LogP contribution in [0.3, 0.4) is 0 Å². The number of aliphatic carboxylic acids is 1. The smallest absolute Gasteiger partial charge is 0.303 e. The van der Waals surface area contributed by atoms with Crippen LogP contribution in [0.2, 0.25) is 0 Å². The lowest BCUT2D eigenvalue weighted by atomic mass is 9.80. The van der Waals surface area contributed by atoms with Gasteiger partial charge in [0.2, 0.25) is 0 Å². The quantitative estimate of drug-likeness (QED) is 0.584. The van der Waals surface area contributed by atoms with Gasteiger partial charge in [0.1, 0.15) is 11.5 Å². The number of rotatable bonds is 9. The summed E-state index contributed by atoms with van der Waals surface area (Å²) in [5.41, 5.74) is 1.42. The second-order valence-electron chi connectivity index (χ2n) is 8.46. The summed E-state index contributed by atoms with van der Waals surface area (Å²) in [6, 6.07) is 17.9. The topological polar surface area (TPSA) is 55.8 Å². The van der Waals surface area contributed by atoms with Crippen LogP contribution in [-0.4, -0.2) is 16.7 Å². The maximum Gasteiger partial charge on any atom is 0.303 e. The van der Waals surface area contributed by atoms with Gasteiger partial charge < -0.3 is 14.6 Å². The average molecular weight is 380 g/mol. The van der Waals surface area contributed by atoms with Crippen LogP contribution < -0.4 is 4.74 Å². The van der Waals surface area contributed by atoms with Gasteiger partial charge >= 0.3 is 5.97 Å². The minimum atomic E-state index is -0.687. The van der Waals surface area contributed by atoms with Crippen molar-refractivity contribution in [1.82, 2.24) is 0 Å². The van der Waals surface area contributed by atoms with E-state index in [9.17, 15) is 4.79 Å². The molecule has 2 saturated carbocycles. The van der Waals surface area contributed by atoms with Gasteiger partial charge in [-0.3, -0.25) is 4.79 Å². The lowest BCUT2D eigenvalue weighted by molar-refractivity contribution is -0.137. The van der Waals surface area contributed by atoms with Crippen LogP contribution in [0.25, 0.3) is 0 Å². The number of benzene rings is 2. The van der Waals surface area contributed by atoms with Gasteiger partial charge in [-0.2, -0.15) is 0 Å². The lowest BCUT2D eigenvalue weighted by Gasteiger charge is -2.28. The third-order valence-corrected chi connectivity index (χ3v) is 6.44. The number of ether oxygens (including phenoxy) is 2. The highest BCUT2D eigenvalue weighted by atomic mass is 16.5. The fourth-order valence-corrected chi connectivity index (χ4v) is 4.98. The van der Waals surface area contributed by atoms with Crippen molar-refractivity contribution in [2.24, 2.45) is 5.41 Å². The van der Waals surface area contributed by atoms with Crippen LogP contribution in [0.15, 0.2) is 54.6 Å². The molecule has 0 unspecified atom stereocenters. The van der Waals surface area contributed by atoms with Crippen LogP contribution in [0.1, 0.15) is 56.9 Å². The van der Waals surface area contributed by atoms with E-state index >= 15 is 0 Å². The third kappa shape index (κ3) is 4.39. The van der Waals surface area contributed by atoms with E-state index in [1.54, 1.807) is 0 Å². The third-order valence-electron chi connectivity index (χ3n) is 6.44. The fourth-order valence-electron chi connectivity index (χ4n) is 4.98. The molecule has 0 saturated heterocycles. The Balaban J connectivity index is 1.33. The molecule has 2 aromatic carbocycles. The average Bonchev–Trinajstić information content (AvgIpc) is 3.24. The Morgan fingerprint density at radius 1 is 0.964 bits per heavy atom. The monoisotopic (exact) mass is 380 g/mol. The van der Waals surface area contributed by atoms with E-state index < -0.39 is 5.97 Å². The Bertz CT molecular complexity index is 806. The first kappa shape index (κ1) is 19.0. The van der Waals surface area contributed by atoms with Gasteiger partial charge in [-0.05, 0) is 80.2 Å². The lowest BCUT2D eigenvalue weighted by Crippen LogP contribution is -2.26. The summed E-state index contributed by atoms with van der Waals surface area (Å²) in [6.45, 7) is 0.594. The van der Waals surface area contributed by atoms with Gasteiger partial charge in [0.25, 0.3) is 0 Å². The summed E-state index contributed by atoms with van der Waals surface area (Å²) in [4.78, 5) is 10.8. The Morgan fingerprint density at radius 2 is 1.71 bits per heavy atom. The molecule has 1 N–H and O–H groups in total. The molecule has 4 nitrogen and oxygen atoms in total. The highest BCUT2D eigenvalue weighted by Crippen LogP contribution is 2.60. The molecule has 0 aliphatic heterocycles. The Morgan fingerprint density at radius 3 is 2.46 bits per heavy atom. The number of fused-ring (bicyclic) bond motifs is 2. The molecule has 2 aliphatic rings. The number of para-hydroxylation sites is 1. The summed E-state index contributed by atoms with van der Waals surface area (Å²) in [5, 5.41) is 8.90. The predicted molar refractivity (Wildman–Crippen MR) is 107 cm³/mol. The van der Waals surface area contributed by atoms with E-state index in [2.05, 4.69) is 6.07 Å². The maximum atomic E-state index is 10.8. The van der Waals surface area contributed by atoms with Crippen molar-refractivity contribution in [3.8, 4) is 11.5 Å². The molecular formula is C24H28O4. The van der Waals surface area contributed by atoms with Crippen LogP contribution in [0.4, 0.5) is 0 Å². The van der Waals surface area contributed by atoms with Crippen molar-refractivity contribution >= 4 is 5.97 Å². The molecule has 4 rings (SSSR count). The van der Waals surface area contributed by atoms with E-state index in [-0.39, 0.29) is 12.0 Å². The first-order chi connectivity index (χ1) is 13.6. The zero-order valence-electron chi connectivity index (χ0n) is 16.2. The molecule has 4 heteroatoms. The van der Waals surface area contributed by atoms with Crippen molar-refractivity contribution in [1.29, 1.82) is 0 Å². The Hall–Kier alpha value is -2.33. The molecule has 28 heavy (non-hydrogen) atoms. The van der Waals surface area contributed by atoms with Gasteiger partial charge in [0.05, 0.1) is 12.2 Å². The largest absolute Gasteiger partial charge is 0.481 e. The molecule has 0 radical (unpaired) electrons. The van der Waals surface area contributed by atoms with Crippen molar-refractivity contribution < 1.29 is 19.4 Å². The molecule has 0 aromatic heterocycles. The molecule has 148 valence electrons. The van der Waals surface area contributed by atoms with E-state index in [0.29, 0.717) is 12.0 Å². The summed E-state index contributed by atoms with van der Waals surface area (Å²) in [6.07, 6.45) is 7.70. The number of hydrogen-bond donors (Lipinski definition) is 1. The van der Waals surface area contributed by atoms with Crippen LogP contribution in [-0.2, 0) is 16.1 Å². The van der Waals surface area contributed by atoms with Crippen LogP contribution in [0, 0.1) is 5.41 Å². The fraction of sp³-hybridized carbons (Fsp3) is 0.458. The summed E-state index contributed by atoms with van der Waals surface area (Å²) in [7, 11) is 0. The van der Waals surface area contributed by atoms with E-state index in [1.165, 1.54) is 12.8 Å². The second kappa shape index (κ2) is 7.96. The van der Waals surface area contributed by atoms with Crippen LogP contribution >= 0.6 is 0 Å². The first-order valence-corrected chi connectivity index (χ1v) is 10.2. The number of carboxylic acid groups (broad SMARTS) is 1. The SMILES string of the molecule is O=C(O)CCCC12CCC(OCc3cccc(Oc4ccccc4)c3)(CC1)C2. The molecule has 0 heterocycles. The van der Waals surface area contributed by atoms with Crippen LogP contribution in [0.5, 0.6) is 11.5 Å². The minimum absolute atomic E-state index is 0.0144. The minimum Gasteiger partial charge on any atom is -0.481 e. The summed E-state index contributed by atoms with van der Waals surface area (Å²) in [5.74, 6) is 0.968. The number of carboxylic acids is 1. The zero-order chi connectivity index (χ0) is 19.5. The van der Waals surface area contributed by atoms with E-state index in [1.807, 2.05) is 48.5 Å². The van der Waals surface area contributed by atoms with Gasteiger partial charge in [-0.15, -0.1) is 0 Å². The maximum absolute atomic E-state index is 10.8. The predicted octanol–water partition coefficient (Wildman–Crippen LogP) is 5.95. The molecule has 2 fully saturated rings. The van der Waals surface area contributed by atoms with Crippen molar-refractivity contribution in [3.05, 3.63) is 60.2 Å². The van der Waals surface area contributed by atoms with E-state index in [0.717, 1.165) is 49.2 Å². The molecule has 2 aromatic rings. The van der Waals surface area contributed by atoms with Gasteiger partial charge in [0.15, 0.2) is 0 Å². The van der Waals surface area contributed by atoms with Gasteiger partial charge in [-0.1, -0.05) is 30.3 Å². The van der Waals surface area contributed by atoms with Gasteiger partial charge in [-0.25, -0.2) is 0 Å². The van der Waals surface area contributed by atoms with Crippen molar-refractivity contribution in [3.63, 3.8) is 0 Å². The highest BCUT2D eigenvalue weighted by molar-refractivity contribution is 5.66. The molecule has 2 aliphatic carbocycles. The second-order valence-corrected chi connectivity index (χ2v) is 8.46.